The molecule has 1 heterocycles. The van der Waals surface area contributed by atoms with Gasteiger partial charge in [0.25, 0.3) is 0 Å². The standard InChI is InChI=1S/C16H21FN2O3/c1-12(20)19(10-13-5-2-3-7-15(13)17)11-16(21)18-9-14-6-4-8-22-14/h2-3,5,7,14H,4,6,8-11H2,1H3,(H,18,21). The van der Waals surface area contributed by atoms with E-state index in [-0.39, 0.29) is 36.8 Å². The van der Waals surface area contributed by atoms with E-state index >= 15 is 0 Å². The number of hydrogen-bond donors (Lipinski definition) is 1. The number of amides is 2. The molecule has 2 rings (SSSR count). The second-order valence-corrected chi connectivity index (χ2v) is 5.41. The van der Waals surface area contributed by atoms with E-state index in [9.17, 15) is 14.0 Å². The van der Waals surface area contributed by atoms with Crippen LogP contribution in [0.1, 0.15) is 25.3 Å². The highest BCUT2D eigenvalue weighted by Crippen LogP contribution is 2.11. The van der Waals surface area contributed by atoms with Crippen LogP contribution in [0.3, 0.4) is 0 Å². The summed E-state index contributed by atoms with van der Waals surface area (Å²) >= 11 is 0. The summed E-state index contributed by atoms with van der Waals surface area (Å²) in [5.41, 5.74) is 0.393. The normalized spacial score (nSPS) is 17.3. The van der Waals surface area contributed by atoms with Crippen molar-refractivity contribution in [3.63, 3.8) is 0 Å². The number of ether oxygens (including phenoxy) is 1. The Bertz CT molecular complexity index is 530. The number of halogens is 1. The van der Waals surface area contributed by atoms with Gasteiger partial charge in [-0.15, -0.1) is 0 Å². The largest absolute Gasteiger partial charge is 0.376 e. The molecule has 1 fully saturated rings. The zero-order chi connectivity index (χ0) is 15.9. The van der Waals surface area contributed by atoms with Crippen molar-refractivity contribution in [2.75, 3.05) is 19.7 Å². The molecule has 0 aliphatic carbocycles. The molecule has 1 atom stereocenters. The first kappa shape index (κ1) is 16.4. The van der Waals surface area contributed by atoms with Crippen molar-refractivity contribution < 1.29 is 18.7 Å². The van der Waals surface area contributed by atoms with E-state index in [0.717, 1.165) is 19.4 Å². The Morgan fingerprint density at radius 3 is 2.82 bits per heavy atom. The quantitative estimate of drug-likeness (QED) is 0.866. The van der Waals surface area contributed by atoms with Gasteiger partial charge in [-0.1, -0.05) is 18.2 Å². The van der Waals surface area contributed by atoms with Crippen LogP contribution in [0.5, 0.6) is 0 Å². The summed E-state index contributed by atoms with van der Waals surface area (Å²) in [6.07, 6.45) is 2.00. The third-order valence-corrected chi connectivity index (χ3v) is 3.65. The van der Waals surface area contributed by atoms with Gasteiger partial charge in [-0.3, -0.25) is 9.59 Å². The van der Waals surface area contributed by atoms with Crippen LogP contribution >= 0.6 is 0 Å². The molecular weight excluding hydrogens is 287 g/mol. The number of nitrogens with one attached hydrogen (secondary N) is 1. The number of benzene rings is 1. The van der Waals surface area contributed by atoms with Crippen molar-refractivity contribution in [2.45, 2.75) is 32.4 Å². The van der Waals surface area contributed by atoms with Crippen LogP contribution in [0.25, 0.3) is 0 Å². The third kappa shape index (κ3) is 4.80. The monoisotopic (exact) mass is 308 g/mol. The predicted octanol–water partition coefficient (Wildman–Crippen LogP) is 1.47. The average molecular weight is 308 g/mol. The zero-order valence-corrected chi connectivity index (χ0v) is 12.7. The number of nitrogens with zero attached hydrogens (tertiary/aromatic N) is 1. The molecule has 1 N–H and O–H groups in total. The summed E-state index contributed by atoms with van der Waals surface area (Å²) < 4.78 is 19.1. The minimum Gasteiger partial charge on any atom is -0.376 e. The van der Waals surface area contributed by atoms with Crippen molar-refractivity contribution in [2.24, 2.45) is 0 Å². The molecule has 5 nitrogen and oxygen atoms in total. The Morgan fingerprint density at radius 1 is 1.41 bits per heavy atom. The van der Waals surface area contributed by atoms with Gasteiger partial charge in [0, 0.05) is 32.2 Å². The molecule has 1 aromatic rings. The predicted molar refractivity (Wildman–Crippen MR) is 79.5 cm³/mol. The molecule has 0 saturated carbocycles. The fourth-order valence-corrected chi connectivity index (χ4v) is 2.37. The van der Waals surface area contributed by atoms with Crippen LogP contribution in [0.15, 0.2) is 24.3 Å². The molecule has 1 aromatic carbocycles. The summed E-state index contributed by atoms with van der Waals surface area (Å²) in [7, 11) is 0. The maximum atomic E-state index is 13.6. The van der Waals surface area contributed by atoms with E-state index in [1.54, 1.807) is 18.2 Å². The Hall–Kier alpha value is -1.95. The smallest absolute Gasteiger partial charge is 0.239 e. The van der Waals surface area contributed by atoms with Crippen LogP contribution in [0.2, 0.25) is 0 Å². The Balaban J connectivity index is 1.86. The molecule has 0 spiro atoms. The maximum absolute atomic E-state index is 13.6. The van der Waals surface area contributed by atoms with Gasteiger partial charge in [0.15, 0.2) is 0 Å². The van der Waals surface area contributed by atoms with Gasteiger partial charge < -0.3 is 15.0 Å². The van der Waals surface area contributed by atoms with E-state index < -0.39 is 0 Å². The van der Waals surface area contributed by atoms with Crippen molar-refractivity contribution in [3.8, 4) is 0 Å². The molecular formula is C16H21FN2O3. The van der Waals surface area contributed by atoms with E-state index in [4.69, 9.17) is 4.74 Å². The summed E-state index contributed by atoms with van der Waals surface area (Å²) in [5, 5.41) is 2.76. The van der Waals surface area contributed by atoms with Crippen LogP contribution in [0, 0.1) is 5.82 Å². The molecule has 1 aliphatic rings. The fourth-order valence-electron chi connectivity index (χ4n) is 2.37. The highest BCUT2D eigenvalue weighted by Gasteiger charge is 2.19. The Kier molecular flexibility index (Phi) is 5.89. The highest BCUT2D eigenvalue weighted by molar-refractivity contribution is 5.83. The molecule has 0 bridgehead atoms. The molecule has 1 aliphatic heterocycles. The number of carbonyl (C=O) groups excluding carboxylic acids is 2. The molecule has 120 valence electrons. The lowest BCUT2D eigenvalue weighted by molar-refractivity contribution is -0.135. The van der Waals surface area contributed by atoms with Crippen LogP contribution < -0.4 is 5.32 Å². The van der Waals surface area contributed by atoms with Crippen molar-refractivity contribution >= 4 is 11.8 Å². The first-order chi connectivity index (χ1) is 10.6. The molecule has 2 amide bonds. The number of rotatable bonds is 6. The lowest BCUT2D eigenvalue weighted by Crippen LogP contribution is -2.41. The molecule has 0 radical (unpaired) electrons. The second-order valence-electron chi connectivity index (χ2n) is 5.41. The lowest BCUT2D eigenvalue weighted by Gasteiger charge is -2.21. The van der Waals surface area contributed by atoms with Gasteiger partial charge in [-0.05, 0) is 18.9 Å². The van der Waals surface area contributed by atoms with Crippen LogP contribution in [-0.2, 0) is 20.9 Å². The first-order valence-corrected chi connectivity index (χ1v) is 7.43. The summed E-state index contributed by atoms with van der Waals surface area (Å²) in [5.74, 6) is -0.911. The highest BCUT2D eigenvalue weighted by atomic mass is 19.1. The maximum Gasteiger partial charge on any atom is 0.239 e. The fraction of sp³-hybridized carbons (Fsp3) is 0.500. The zero-order valence-electron chi connectivity index (χ0n) is 12.7. The van der Waals surface area contributed by atoms with Crippen LogP contribution in [-0.4, -0.2) is 42.5 Å². The molecule has 22 heavy (non-hydrogen) atoms. The van der Waals surface area contributed by atoms with E-state index in [1.165, 1.54) is 17.9 Å². The average Bonchev–Trinajstić information content (AvgIpc) is 3.00. The molecule has 1 saturated heterocycles. The lowest BCUT2D eigenvalue weighted by atomic mass is 10.2. The van der Waals surface area contributed by atoms with Gasteiger partial charge in [-0.25, -0.2) is 4.39 Å². The van der Waals surface area contributed by atoms with Gasteiger partial charge in [-0.2, -0.15) is 0 Å². The third-order valence-electron chi connectivity index (χ3n) is 3.65. The van der Waals surface area contributed by atoms with Gasteiger partial charge in [0.05, 0.1) is 12.6 Å². The Morgan fingerprint density at radius 2 is 2.18 bits per heavy atom. The summed E-state index contributed by atoms with van der Waals surface area (Å²) in [6.45, 7) is 2.54. The van der Waals surface area contributed by atoms with Crippen molar-refractivity contribution in [1.29, 1.82) is 0 Å². The van der Waals surface area contributed by atoms with E-state index in [2.05, 4.69) is 5.32 Å². The minimum atomic E-state index is -0.381. The molecule has 0 aromatic heterocycles. The second kappa shape index (κ2) is 7.89. The van der Waals surface area contributed by atoms with Crippen molar-refractivity contribution in [1.82, 2.24) is 10.2 Å². The van der Waals surface area contributed by atoms with Gasteiger partial charge in [0.1, 0.15) is 5.82 Å². The summed E-state index contributed by atoms with van der Waals surface area (Å²) in [6, 6.07) is 6.24. The SMILES string of the molecule is CC(=O)N(CC(=O)NCC1CCCO1)Cc1ccccc1F. The van der Waals surface area contributed by atoms with Crippen LogP contribution in [0.4, 0.5) is 4.39 Å². The molecule has 6 heteroatoms. The number of carbonyl (C=O) groups is 2. The van der Waals surface area contributed by atoms with Gasteiger partial charge in [0.2, 0.25) is 11.8 Å². The van der Waals surface area contributed by atoms with E-state index in [0.29, 0.717) is 12.1 Å². The first-order valence-electron chi connectivity index (χ1n) is 7.43. The summed E-state index contributed by atoms with van der Waals surface area (Å²) in [4.78, 5) is 24.9. The minimum absolute atomic E-state index is 0.0568. The van der Waals surface area contributed by atoms with Crippen molar-refractivity contribution in [3.05, 3.63) is 35.6 Å². The number of hydrogen-bond acceptors (Lipinski definition) is 3. The topological polar surface area (TPSA) is 58.6 Å². The van der Waals surface area contributed by atoms with Gasteiger partial charge >= 0.3 is 0 Å². The molecule has 1 unspecified atom stereocenters. The van der Waals surface area contributed by atoms with E-state index in [1.807, 2.05) is 0 Å². The Labute approximate surface area is 129 Å².